The molecule has 0 saturated carbocycles. The van der Waals surface area contributed by atoms with Crippen LogP contribution in [0.1, 0.15) is 10.6 Å². The first-order chi connectivity index (χ1) is 8.65. The fourth-order valence-electron chi connectivity index (χ4n) is 1.70. The van der Waals surface area contributed by atoms with Crippen LogP contribution < -0.4 is 5.73 Å². The van der Waals surface area contributed by atoms with Gasteiger partial charge in [-0.25, -0.2) is 0 Å². The summed E-state index contributed by atoms with van der Waals surface area (Å²) >= 11 is 3.35. The summed E-state index contributed by atoms with van der Waals surface area (Å²) < 4.78 is 7.49. The molecule has 0 aliphatic carbocycles. The highest BCUT2D eigenvalue weighted by atomic mass is 79.9. The highest BCUT2D eigenvalue weighted by Gasteiger charge is 2.16. The second kappa shape index (κ2) is 3.99. The number of nitrogen functional groups attached to an aromatic ring is 1. The van der Waals surface area contributed by atoms with Gasteiger partial charge in [-0.2, -0.15) is 9.78 Å². The van der Waals surface area contributed by atoms with Gasteiger partial charge < -0.3 is 10.2 Å². The van der Waals surface area contributed by atoms with Gasteiger partial charge in [0.05, 0.1) is 6.20 Å². The van der Waals surface area contributed by atoms with E-state index in [0.717, 1.165) is 14.5 Å². The first kappa shape index (κ1) is 11.0. The summed E-state index contributed by atoms with van der Waals surface area (Å²) in [6.45, 7) is 0. The number of benzene rings is 1. The van der Waals surface area contributed by atoms with Gasteiger partial charge in [0, 0.05) is 15.9 Å². The van der Waals surface area contributed by atoms with Crippen LogP contribution in [0.4, 0.5) is 5.82 Å². The van der Waals surface area contributed by atoms with E-state index >= 15 is 0 Å². The van der Waals surface area contributed by atoms with Crippen molar-refractivity contribution in [2.45, 2.75) is 0 Å². The van der Waals surface area contributed by atoms with Crippen LogP contribution in [-0.2, 0) is 0 Å². The Morgan fingerprint density at radius 2 is 2.17 bits per heavy atom. The van der Waals surface area contributed by atoms with Crippen LogP contribution in [0.15, 0.2) is 45.4 Å². The number of carbonyl (C=O) groups excluding carboxylic acids is 1. The molecular formula is C12H8BrN3O2. The maximum Gasteiger partial charge on any atom is 0.315 e. The molecule has 3 aromatic rings. The summed E-state index contributed by atoms with van der Waals surface area (Å²) in [6, 6.07) is 8.78. The van der Waals surface area contributed by atoms with Crippen LogP contribution in [0, 0.1) is 0 Å². The Labute approximate surface area is 110 Å². The predicted octanol–water partition coefficient (Wildman–Crippen LogP) is 2.66. The SMILES string of the molecule is Nc1ccnn1C(=O)c1cc2ccc(Br)cc2o1. The lowest BCUT2D eigenvalue weighted by atomic mass is 10.2. The van der Waals surface area contributed by atoms with Crippen molar-refractivity contribution in [1.82, 2.24) is 9.78 Å². The molecule has 0 radical (unpaired) electrons. The quantitative estimate of drug-likeness (QED) is 0.750. The lowest BCUT2D eigenvalue weighted by molar-refractivity contribution is 0.0922. The molecule has 0 spiro atoms. The molecule has 6 heteroatoms. The normalized spacial score (nSPS) is 10.9. The van der Waals surface area contributed by atoms with Gasteiger partial charge in [-0.1, -0.05) is 15.9 Å². The molecule has 5 nitrogen and oxygen atoms in total. The molecule has 0 aliphatic rings. The first-order valence-corrected chi connectivity index (χ1v) is 5.98. The van der Waals surface area contributed by atoms with E-state index in [4.69, 9.17) is 10.2 Å². The van der Waals surface area contributed by atoms with Crippen LogP contribution in [0.25, 0.3) is 11.0 Å². The summed E-state index contributed by atoms with van der Waals surface area (Å²) in [6.07, 6.45) is 1.46. The van der Waals surface area contributed by atoms with Crippen molar-refractivity contribution in [2.24, 2.45) is 0 Å². The van der Waals surface area contributed by atoms with E-state index in [1.165, 1.54) is 6.20 Å². The van der Waals surface area contributed by atoms with E-state index in [2.05, 4.69) is 21.0 Å². The minimum absolute atomic E-state index is 0.207. The Morgan fingerprint density at radius 1 is 1.33 bits per heavy atom. The van der Waals surface area contributed by atoms with E-state index in [1.807, 2.05) is 12.1 Å². The monoisotopic (exact) mass is 305 g/mol. The van der Waals surface area contributed by atoms with Gasteiger partial charge in [-0.15, -0.1) is 0 Å². The summed E-state index contributed by atoms with van der Waals surface area (Å²) in [5.74, 6) is 0.102. The highest BCUT2D eigenvalue weighted by Crippen LogP contribution is 2.24. The molecule has 2 N–H and O–H groups in total. The molecule has 18 heavy (non-hydrogen) atoms. The number of furan rings is 1. The van der Waals surface area contributed by atoms with E-state index in [9.17, 15) is 4.79 Å². The predicted molar refractivity (Wildman–Crippen MR) is 70.3 cm³/mol. The van der Waals surface area contributed by atoms with Gasteiger partial charge in [0.2, 0.25) is 0 Å². The summed E-state index contributed by atoms with van der Waals surface area (Å²) in [5.41, 5.74) is 6.27. The Balaban J connectivity index is 2.10. The molecule has 2 aromatic heterocycles. The highest BCUT2D eigenvalue weighted by molar-refractivity contribution is 9.10. The number of halogens is 1. The zero-order valence-corrected chi connectivity index (χ0v) is 10.7. The molecule has 0 unspecified atom stereocenters. The van der Waals surface area contributed by atoms with E-state index in [1.54, 1.807) is 18.2 Å². The van der Waals surface area contributed by atoms with Gasteiger partial charge in [-0.3, -0.25) is 4.79 Å². The molecule has 0 bridgehead atoms. The standard InChI is InChI=1S/C12H8BrN3O2/c13-8-2-1-7-5-10(18-9(7)6-8)12(17)16-11(14)3-4-15-16/h1-6H,14H2. The van der Waals surface area contributed by atoms with Gasteiger partial charge >= 0.3 is 5.91 Å². The van der Waals surface area contributed by atoms with Crippen LogP contribution in [0.5, 0.6) is 0 Å². The van der Waals surface area contributed by atoms with Crippen LogP contribution >= 0.6 is 15.9 Å². The number of nitrogens with zero attached hydrogens (tertiary/aromatic N) is 2. The van der Waals surface area contributed by atoms with E-state index in [0.29, 0.717) is 5.58 Å². The number of hydrogen-bond donors (Lipinski definition) is 1. The molecule has 3 rings (SSSR count). The smallest absolute Gasteiger partial charge is 0.315 e. The zero-order valence-electron chi connectivity index (χ0n) is 9.13. The maximum absolute atomic E-state index is 12.1. The molecule has 0 atom stereocenters. The average molecular weight is 306 g/mol. The van der Waals surface area contributed by atoms with Crippen molar-refractivity contribution in [3.8, 4) is 0 Å². The largest absolute Gasteiger partial charge is 0.451 e. The number of aromatic nitrogens is 2. The van der Waals surface area contributed by atoms with E-state index in [-0.39, 0.29) is 17.5 Å². The zero-order chi connectivity index (χ0) is 12.7. The van der Waals surface area contributed by atoms with Crippen molar-refractivity contribution in [3.05, 3.63) is 46.8 Å². The Morgan fingerprint density at radius 3 is 2.89 bits per heavy atom. The number of rotatable bonds is 1. The summed E-state index contributed by atoms with van der Waals surface area (Å²) in [7, 11) is 0. The molecular weight excluding hydrogens is 298 g/mol. The third-order valence-electron chi connectivity index (χ3n) is 2.56. The molecule has 2 heterocycles. The van der Waals surface area contributed by atoms with Gasteiger partial charge in [-0.05, 0) is 24.3 Å². The van der Waals surface area contributed by atoms with Gasteiger partial charge in [0.15, 0.2) is 5.76 Å². The Kier molecular flexibility index (Phi) is 2.45. The van der Waals surface area contributed by atoms with Crippen molar-refractivity contribution in [3.63, 3.8) is 0 Å². The number of carbonyl (C=O) groups is 1. The van der Waals surface area contributed by atoms with Crippen molar-refractivity contribution < 1.29 is 9.21 Å². The van der Waals surface area contributed by atoms with Gasteiger partial charge in [0.25, 0.3) is 0 Å². The summed E-state index contributed by atoms with van der Waals surface area (Å²) in [4.78, 5) is 12.1. The Hall–Kier alpha value is -2.08. The average Bonchev–Trinajstić information content (AvgIpc) is 2.93. The molecule has 0 saturated heterocycles. The molecule has 1 aromatic carbocycles. The number of nitrogens with two attached hydrogens (primary N) is 1. The van der Waals surface area contributed by atoms with Crippen LogP contribution in [0.3, 0.4) is 0 Å². The minimum Gasteiger partial charge on any atom is -0.451 e. The van der Waals surface area contributed by atoms with Crippen molar-refractivity contribution >= 4 is 38.6 Å². The lowest BCUT2D eigenvalue weighted by Gasteiger charge is -1.98. The molecule has 0 amide bonds. The lowest BCUT2D eigenvalue weighted by Crippen LogP contribution is -2.15. The third kappa shape index (κ3) is 1.70. The van der Waals surface area contributed by atoms with E-state index < -0.39 is 0 Å². The molecule has 0 fully saturated rings. The number of hydrogen-bond acceptors (Lipinski definition) is 4. The maximum atomic E-state index is 12.1. The fourth-order valence-corrected chi connectivity index (χ4v) is 2.04. The minimum atomic E-state index is -0.384. The number of fused-ring (bicyclic) bond motifs is 1. The molecule has 90 valence electrons. The second-order valence-electron chi connectivity index (χ2n) is 3.77. The van der Waals surface area contributed by atoms with Crippen LogP contribution in [0.2, 0.25) is 0 Å². The summed E-state index contributed by atoms with van der Waals surface area (Å²) in [5, 5.41) is 4.71. The van der Waals surface area contributed by atoms with Crippen molar-refractivity contribution in [1.29, 1.82) is 0 Å². The second-order valence-corrected chi connectivity index (χ2v) is 4.68. The van der Waals surface area contributed by atoms with Crippen LogP contribution in [-0.4, -0.2) is 15.7 Å². The molecule has 0 aliphatic heterocycles. The third-order valence-corrected chi connectivity index (χ3v) is 3.05. The van der Waals surface area contributed by atoms with Gasteiger partial charge in [0.1, 0.15) is 11.4 Å². The fraction of sp³-hybridized carbons (Fsp3) is 0. The topological polar surface area (TPSA) is 74.0 Å². The van der Waals surface area contributed by atoms with Crippen molar-refractivity contribution in [2.75, 3.05) is 5.73 Å². The first-order valence-electron chi connectivity index (χ1n) is 5.18. The number of anilines is 1. The Bertz CT molecular complexity index is 745.